The molecule has 2 aromatic carbocycles. The number of halogens is 1. The van der Waals surface area contributed by atoms with Crippen LogP contribution in [0.4, 0.5) is 15.8 Å². The Kier molecular flexibility index (Phi) is 6.94. The number of sulfonamides is 1. The van der Waals surface area contributed by atoms with E-state index in [2.05, 4.69) is 5.32 Å². The molecule has 0 aromatic heterocycles. The standard InChI is InChI=1S/C23H27FN4O4S/c24-20-8-4-5-9-21(20)26-11-13-27(14-12-26)33(31,32)15-10-25-23(30)18-16-22(29)28(17-18)19-6-2-1-3-7-19/h1-9,18H,10-17H2,(H,25,30)/t18-/m1/s1. The first-order chi connectivity index (χ1) is 15.8. The van der Waals surface area contributed by atoms with Gasteiger partial charge in [0.25, 0.3) is 0 Å². The molecule has 2 aromatic rings. The summed E-state index contributed by atoms with van der Waals surface area (Å²) in [6.45, 7) is 1.56. The van der Waals surface area contributed by atoms with Gasteiger partial charge in [-0.15, -0.1) is 0 Å². The normalized spacial score (nSPS) is 19.7. The summed E-state index contributed by atoms with van der Waals surface area (Å²) in [5, 5.41) is 2.67. The molecule has 1 atom stereocenters. The van der Waals surface area contributed by atoms with E-state index < -0.39 is 15.9 Å². The van der Waals surface area contributed by atoms with E-state index in [9.17, 15) is 22.4 Å². The van der Waals surface area contributed by atoms with Crippen LogP contribution in [0.3, 0.4) is 0 Å². The molecular formula is C23H27FN4O4S. The van der Waals surface area contributed by atoms with Crippen LogP contribution in [0.1, 0.15) is 6.42 Å². The predicted molar refractivity (Wildman–Crippen MR) is 124 cm³/mol. The van der Waals surface area contributed by atoms with Crippen LogP contribution in [0.5, 0.6) is 0 Å². The molecule has 33 heavy (non-hydrogen) atoms. The largest absolute Gasteiger partial charge is 0.367 e. The lowest BCUT2D eigenvalue weighted by Gasteiger charge is -2.35. The lowest BCUT2D eigenvalue weighted by Crippen LogP contribution is -2.50. The summed E-state index contributed by atoms with van der Waals surface area (Å²) in [4.78, 5) is 28.2. The molecule has 0 bridgehead atoms. The summed E-state index contributed by atoms with van der Waals surface area (Å²) in [7, 11) is -3.56. The topological polar surface area (TPSA) is 90.0 Å². The summed E-state index contributed by atoms with van der Waals surface area (Å²) < 4.78 is 40.8. The van der Waals surface area contributed by atoms with E-state index in [0.29, 0.717) is 18.8 Å². The van der Waals surface area contributed by atoms with Gasteiger partial charge in [0.15, 0.2) is 0 Å². The van der Waals surface area contributed by atoms with Crippen molar-refractivity contribution in [1.82, 2.24) is 9.62 Å². The van der Waals surface area contributed by atoms with Gasteiger partial charge in [0.1, 0.15) is 5.82 Å². The number of nitrogens with one attached hydrogen (secondary N) is 1. The highest BCUT2D eigenvalue weighted by Crippen LogP contribution is 2.25. The van der Waals surface area contributed by atoms with Crippen molar-refractivity contribution >= 4 is 33.2 Å². The van der Waals surface area contributed by atoms with Crippen molar-refractivity contribution in [1.29, 1.82) is 0 Å². The summed E-state index contributed by atoms with van der Waals surface area (Å²) in [5.74, 6) is -1.50. The number of amides is 2. The number of benzene rings is 2. The second kappa shape index (κ2) is 9.88. The fourth-order valence-electron chi connectivity index (χ4n) is 4.23. The minimum absolute atomic E-state index is 0.0231. The summed E-state index contributed by atoms with van der Waals surface area (Å²) in [5.41, 5.74) is 1.22. The minimum atomic E-state index is -3.56. The maximum absolute atomic E-state index is 14.0. The number of hydrogen-bond acceptors (Lipinski definition) is 5. The van der Waals surface area contributed by atoms with Gasteiger partial charge in [0.2, 0.25) is 21.8 Å². The van der Waals surface area contributed by atoms with E-state index in [4.69, 9.17) is 0 Å². The van der Waals surface area contributed by atoms with Crippen LogP contribution in [-0.4, -0.2) is 69.6 Å². The summed E-state index contributed by atoms with van der Waals surface area (Å²) in [6.07, 6.45) is 0.103. The number of hydrogen-bond donors (Lipinski definition) is 1. The minimum Gasteiger partial charge on any atom is -0.367 e. The van der Waals surface area contributed by atoms with Gasteiger partial charge >= 0.3 is 0 Å². The Bertz CT molecular complexity index is 1100. The summed E-state index contributed by atoms with van der Waals surface area (Å²) >= 11 is 0. The monoisotopic (exact) mass is 474 g/mol. The van der Waals surface area contributed by atoms with E-state index >= 15 is 0 Å². The molecular weight excluding hydrogens is 447 g/mol. The van der Waals surface area contributed by atoms with Gasteiger partial charge in [-0.1, -0.05) is 30.3 Å². The van der Waals surface area contributed by atoms with Gasteiger partial charge in [-0.2, -0.15) is 4.31 Å². The number of carbonyl (C=O) groups is 2. The Morgan fingerprint density at radius 3 is 2.36 bits per heavy atom. The zero-order valence-corrected chi connectivity index (χ0v) is 19.0. The fraction of sp³-hybridized carbons (Fsp3) is 0.391. The Morgan fingerprint density at radius 2 is 1.67 bits per heavy atom. The first-order valence-electron chi connectivity index (χ1n) is 11.0. The highest BCUT2D eigenvalue weighted by molar-refractivity contribution is 7.89. The highest BCUT2D eigenvalue weighted by atomic mass is 32.2. The zero-order chi connectivity index (χ0) is 23.4. The molecule has 2 saturated heterocycles. The van der Waals surface area contributed by atoms with Crippen LogP contribution in [0.25, 0.3) is 0 Å². The average Bonchev–Trinajstić information content (AvgIpc) is 3.22. The maximum atomic E-state index is 14.0. The third-order valence-electron chi connectivity index (χ3n) is 6.05. The van der Waals surface area contributed by atoms with Crippen molar-refractivity contribution in [2.24, 2.45) is 5.92 Å². The average molecular weight is 475 g/mol. The Balaban J connectivity index is 1.24. The van der Waals surface area contributed by atoms with Crippen molar-refractivity contribution in [2.75, 3.05) is 54.8 Å². The number of nitrogens with zero attached hydrogens (tertiary/aromatic N) is 3. The van der Waals surface area contributed by atoms with E-state index in [0.717, 1.165) is 5.69 Å². The lowest BCUT2D eigenvalue weighted by atomic mass is 10.1. The Labute approximate surface area is 193 Å². The van der Waals surface area contributed by atoms with E-state index in [-0.39, 0.29) is 56.0 Å². The smallest absolute Gasteiger partial charge is 0.227 e. The van der Waals surface area contributed by atoms with Crippen LogP contribution < -0.4 is 15.1 Å². The Hall–Kier alpha value is -2.98. The Morgan fingerprint density at radius 1 is 1.00 bits per heavy atom. The van der Waals surface area contributed by atoms with Crippen molar-refractivity contribution in [3.8, 4) is 0 Å². The van der Waals surface area contributed by atoms with Gasteiger partial charge in [0, 0.05) is 51.4 Å². The first-order valence-corrected chi connectivity index (χ1v) is 12.6. The molecule has 2 aliphatic rings. The van der Waals surface area contributed by atoms with Crippen LogP contribution in [0, 0.1) is 11.7 Å². The molecule has 10 heteroatoms. The molecule has 0 spiro atoms. The quantitative estimate of drug-likeness (QED) is 0.656. The van der Waals surface area contributed by atoms with E-state index in [1.54, 1.807) is 23.1 Å². The number of carbonyl (C=O) groups excluding carboxylic acids is 2. The van der Waals surface area contributed by atoms with Gasteiger partial charge in [-0.3, -0.25) is 9.59 Å². The first kappa shape index (κ1) is 23.2. The van der Waals surface area contributed by atoms with Gasteiger partial charge < -0.3 is 15.1 Å². The molecule has 8 nitrogen and oxygen atoms in total. The zero-order valence-electron chi connectivity index (χ0n) is 18.2. The lowest BCUT2D eigenvalue weighted by molar-refractivity contribution is -0.126. The molecule has 1 N–H and O–H groups in total. The SMILES string of the molecule is O=C(NCCS(=O)(=O)N1CCN(c2ccccc2F)CC1)[C@@H]1CC(=O)N(c2ccccc2)C1. The van der Waals surface area contributed by atoms with Gasteiger partial charge in [-0.05, 0) is 24.3 Å². The molecule has 0 unspecified atom stereocenters. The van der Waals surface area contributed by atoms with Gasteiger partial charge in [-0.25, -0.2) is 12.8 Å². The molecule has 2 aliphatic heterocycles. The molecule has 0 radical (unpaired) electrons. The van der Waals surface area contributed by atoms with Crippen molar-refractivity contribution in [2.45, 2.75) is 6.42 Å². The molecule has 2 amide bonds. The van der Waals surface area contributed by atoms with E-state index in [1.807, 2.05) is 35.2 Å². The molecule has 0 aliphatic carbocycles. The fourth-order valence-corrected chi connectivity index (χ4v) is 5.57. The second-order valence-corrected chi connectivity index (χ2v) is 10.3. The second-order valence-electron chi connectivity index (χ2n) is 8.19. The van der Waals surface area contributed by atoms with Crippen molar-refractivity contribution in [3.63, 3.8) is 0 Å². The molecule has 0 saturated carbocycles. The predicted octanol–water partition coefficient (Wildman–Crippen LogP) is 1.45. The number of para-hydroxylation sites is 2. The molecule has 4 rings (SSSR count). The van der Waals surface area contributed by atoms with Crippen LogP contribution in [-0.2, 0) is 19.6 Å². The molecule has 2 heterocycles. The van der Waals surface area contributed by atoms with Gasteiger partial charge in [0.05, 0.1) is 17.4 Å². The number of anilines is 2. The molecule has 2 fully saturated rings. The van der Waals surface area contributed by atoms with Crippen molar-refractivity contribution < 1.29 is 22.4 Å². The third-order valence-corrected chi connectivity index (χ3v) is 7.92. The van der Waals surface area contributed by atoms with Crippen molar-refractivity contribution in [3.05, 3.63) is 60.4 Å². The van der Waals surface area contributed by atoms with Crippen LogP contribution >= 0.6 is 0 Å². The van der Waals surface area contributed by atoms with E-state index in [1.165, 1.54) is 10.4 Å². The maximum Gasteiger partial charge on any atom is 0.227 e. The molecule has 176 valence electrons. The number of piperazine rings is 1. The summed E-state index contributed by atoms with van der Waals surface area (Å²) in [6, 6.07) is 15.6. The third kappa shape index (κ3) is 5.33. The number of rotatable bonds is 7. The van der Waals surface area contributed by atoms with Crippen LogP contribution in [0.15, 0.2) is 54.6 Å². The van der Waals surface area contributed by atoms with Crippen LogP contribution in [0.2, 0.25) is 0 Å². The highest BCUT2D eigenvalue weighted by Gasteiger charge is 2.35.